The molecule has 0 spiro atoms. The third kappa shape index (κ3) is 6.12. The molecule has 0 aliphatic carbocycles. The molecule has 4 nitrogen and oxygen atoms in total. The minimum atomic E-state index is -0.416. The molecule has 3 aromatic rings. The van der Waals surface area contributed by atoms with Crippen LogP contribution in [-0.2, 0) is 20.7 Å². The topological polar surface area (TPSA) is 52.6 Å². The lowest BCUT2D eigenvalue weighted by Gasteiger charge is -2.09. The Morgan fingerprint density at radius 2 is 1.58 bits per heavy atom. The highest BCUT2D eigenvalue weighted by Crippen LogP contribution is 2.29. The number of aryl methyl sites for hydroxylation is 1. The van der Waals surface area contributed by atoms with Crippen LogP contribution in [0.4, 0.5) is 4.39 Å². The van der Waals surface area contributed by atoms with E-state index in [4.69, 9.17) is 9.47 Å². The van der Waals surface area contributed by atoms with Crippen molar-refractivity contribution in [2.45, 2.75) is 19.8 Å². The highest BCUT2D eigenvalue weighted by atomic mass is 19.1. The Hall–Kier alpha value is -3.73. The second kappa shape index (κ2) is 10.3. The van der Waals surface area contributed by atoms with Gasteiger partial charge in [-0.15, -0.1) is 0 Å². The quantitative estimate of drug-likeness (QED) is 0.202. The van der Waals surface area contributed by atoms with Crippen LogP contribution in [-0.4, -0.2) is 18.5 Å². The van der Waals surface area contributed by atoms with Crippen molar-refractivity contribution in [1.82, 2.24) is 0 Å². The first-order valence-corrected chi connectivity index (χ1v) is 9.93. The molecule has 0 fully saturated rings. The molecule has 5 heteroatoms. The Bertz CT molecular complexity index is 1070. The van der Waals surface area contributed by atoms with Crippen molar-refractivity contribution < 1.29 is 23.5 Å². The van der Waals surface area contributed by atoms with Gasteiger partial charge in [0, 0.05) is 18.6 Å². The summed E-state index contributed by atoms with van der Waals surface area (Å²) in [5.41, 5.74) is 3.99. The summed E-state index contributed by atoms with van der Waals surface area (Å²) in [6.07, 6.45) is 2.65. The summed E-state index contributed by atoms with van der Waals surface area (Å²) < 4.78 is 24.8. The van der Waals surface area contributed by atoms with E-state index < -0.39 is 11.9 Å². The van der Waals surface area contributed by atoms with Gasteiger partial charge in [-0.25, -0.2) is 9.18 Å². The molecule has 31 heavy (non-hydrogen) atoms. The van der Waals surface area contributed by atoms with Crippen molar-refractivity contribution in [3.8, 4) is 28.0 Å². The van der Waals surface area contributed by atoms with Crippen LogP contribution >= 0.6 is 0 Å². The number of benzene rings is 3. The minimum absolute atomic E-state index is 0.328. The molecule has 158 valence electrons. The number of carbonyl (C=O) groups is 2. The first-order chi connectivity index (χ1) is 15.0. The molecule has 3 rings (SSSR count). The lowest BCUT2D eigenvalue weighted by atomic mass is 9.98. The van der Waals surface area contributed by atoms with E-state index in [1.165, 1.54) is 13.0 Å². The third-order valence-electron chi connectivity index (χ3n) is 4.70. The summed E-state index contributed by atoms with van der Waals surface area (Å²) in [6, 6.07) is 19.7. The zero-order valence-electron chi connectivity index (χ0n) is 17.3. The van der Waals surface area contributed by atoms with Gasteiger partial charge < -0.3 is 9.47 Å². The molecule has 0 atom stereocenters. The van der Waals surface area contributed by atoms with Crippen LogP contribution < -0.4 is 4.74 Å². The van der Waals surface area contributed by atoms with Gasteiger partial charge in [0.15, 0.2) is 0 Å². The SMILES string of the molecule is C=CC(=O)OCCCc1ccc(-c2ccc(-c3ccc(OC(C)=O)cc3)c(F)c2)cc1. The third-order valence-corrected chi connectivity index (χ3v) is 4.70. The largest absolute Gasteiger partial charge is 0.463 e. The highest BCUT2D eigenvalue weighted by molar-refractivity contribution is 5.81. The molecule has 0 aliphatic rings. The number of esters is 2. The monoisotopic (exact) mass is 418 g/mol. The first-order valence-electron chi connectivity index (χ1n) is 9.93. The van der Waals surface area contributed by atoms with Crippen molar-refractivity contribution in [2.75, 3.05) is 6.61 Å². The molecule has 0 heterocycles. The van der Waals surface area contributed by atoms with Gasteiger partial charge in [-0.05, 0) is 53.3 Å². The summed E-state index contributed by atoms with van der Waals surface area (Å²) in [4.78, 5) is 22.0. The summed E-state index contributed by atoms with van der Waals surface area (Å²) in [7, 11) is 0. The number of carbonyl (C=O) groups excluding carboxylic acids is 2. The maximum absolute atomic E-state index is 14.8. The standard InChI is InChI=1S/C26H23FO4/c1-3-26(29)30-16-4-5-19-6-8-20(9-7-19)22-12-15-24(25(27)17-22)21-10-13-23(14-11-21)31-18(2)28/h3,6-15,17H,1,4-5,16H2,2H3. The highest BCUT2D eigenvalue weighted by Gasteiger charge is 2.09. The van der Waals surface area contributed by atoms with E-state index in [1.54, 1.807) is 30.3 Å². The van der Waals surface area contributed by atoms with E-state index in [9.17, 15) is 14.0 Å². The predicted molar refractivity (Wildman–Crippen MR) is 118 cm³/mol. The lowest BCUT2D eigenvalue weighted by molar-refractivity contribution is -0.137. The number of rotatable bonds is 8. The van der Waals surface area contributed by atoms with Gasteiger partial charge >= 0.3 is 11.9 Å². The Balaban J connectivity index is 1.66. The van der Waals surface area contributed by atoms with Crippen LogP contribution in [0, 0.1) is 5.82 Å². The van der Waals surface area contributed by atoms with Crippen LogP contribution in [0.5, 0.6) is 5.75 Å². The summed E-state index contributed by atoms with van der Waals surface area (Å²) in [6.45, 7) is 5.04. The normalized spacial score (nSPS) is 10.4. The fourth-order valence-corrected chi connectivity index (χ4v) is 3.17. The van der Waals surface area contributed by atoms with Gasteiger partial charge in [0.1, 0.15) is 11.6 Å². The summed E-state index contributed by atoms with van der Waals surface area (Å²) >= 11 is 0. The zero-order valence-corrected chi connectivity index (χ0v) is 17.3. The molecule has 0 aliphatic heterocycles. The smallest absolute Gasteiger partial charge is 0.330 e. The minimum Gasteiger partial charge on any atom is -0.463 e. The number of halogens is 1. The van der Waals surface area contributed by atoms with Crippen LogP contribution in [0.2, 0.25) is 0 Å². The van der Waals surface area contributed by atoms with E-state index in [2.05, 4.69) is 6.58 Å². The van der Waals surface area contributed by atoms with E-state index in [-0.39, 0.29) is 5.82 Å². The van der Waals surface area contributed by atoms with Gasteiger partial charge in [0.2, 0.25) is 0 Å². The Morgan fingerprint density at radius 1 is 0.935 bits per heavy atom. The van der Waals surface area contributed by atoms with Gasteiger partial charge in [0.25, 0.3) is 0 Å². The molecule has 0 amide bonds. The van der Waals surface area contributed by atoms with E-state index >= 15 is 0 Å². The molecular weight excluding hydrogens is 395 g/mol. The zero-order chi connectivity index (χ0) is 22.2. The summed E-state index contributed by atoms with van der Waals surface area (Å²) in [5, 5.41) is 0. The van der Waals surface area contributed by atoms with Crippen LogP contribution in [0.25, 0.3) is 22.3 Å². The average Bonchev–Trinajstić information content (AvgIpc) is 2.77. The molecule has 0 N–H and O–H groups in total. The van der Waals surface area contributed by atoms with Crippen LogP contribution in [0.3, 0.4) is 0 Å². The Morgan fingerprint density at radius 3 is 2.19 bits per heavy atom. The van der Waals surface area contributed by atoms with Crippen molar-refractivity contribution in [3.63, 3.8) is 0 Å². The van der Waals surface area contributed by atoms with Crippen molar-refractivity contribution in [1.29, 1.82) is 0 Å². The maximum Gasteiger partial charge on any atom is 0.330 e. The molecule has 0 aromatic heterocycles. The van der Waals surface area contributed by atoms with Crippen molar-refractivity contribution in [2.24, 2.45) is 0 Å². The number of hydrogen-bond acceptors (Lipinski definition) is 4. The van der Waals surface area contributed by atoms with E-state index in [0.29, 0.717) is 23.5 Å². The van der Waals surface area contributed by atoms with Gasteiger partial charge in [0.05, 0.1) is 6.61 Å². The maximum atomic E-state index is 14.8. The Kier molecular flexibility index (Phi) is 7.33. The molecular formula is C26H23FO4. The van der Waals surface area contributed by atoms with E-state index in [1.807, 2.05) is 30.3 Å². The van der Waals surface area contributed by atoms with E-state index in [0.717, 1.165) is 35.6 Å². The lowest BCUT2D eigenvalue weighted by Crippen LogP contribution is -2.02. The molecule has 3 aromatic carbocycles. The number of ether oxygens (including phenoxy) is 2. The predicted octanol–water partition coefficient (Wildman–Crippen LogP) is 5.75. The molecule has 0 radical (unpaired) electrons. The van der Waals surface area contributed by atoms with Gasteiger partial charge in [-0.3, -0.25) is 4.79 Å². The molecule has 0 saturated heterocycles. The molecule has 0 saturated carbocycles. The number of hydrogen-bond donors (Lipinski definition) is 0. The summed E-state index contributed by atoms with van der Waals surface area (Å²) in [5.74, 6) is -0.718. The van der Waals surface area contributed by atoms with Crippen molar-refractivity contribution in [3.05, 3.63) is 90.8 Å². The van der Waals surface area contributed by atoms with Crippen molar-refractivity contribution >= 4 is 11.9 Å². The van der Waals surface area contributed by atoms with Gasteiger partial charge in [-0.2, -0.15) is 0 Å². The fourth-order valence-electron chi connectivity index (χ4n) is 3.17. The van der Waals surface area contributed by atoms with Gasteiger partial charge in [-0.1, -0.05) is 55.1 Å². The first kappa shape index (κ1) is 22.0. The van der Waals surface area contributed by atoms with Crippen LogP contribution in [0.1, 0.15) is 18.9 Å². The second-order valence-electron chi connectivity index (χ2n) is 6.98. The molecule has 0 bridgehead atoms. The Labute approximate surface area is 180 Å². The average molecular weight is 418 g/mol. The second-order valence-corrected chi connectivity index (χ2v) is 6.98. The molecule has 0 unspecified atom stereocenters. The fraction of sp³-hybridized carbons (Fsp3) is 0.154. The van der Waals surface area contributed by atoms with Crippen LogP contribution in [0.15, 0.2) is 79.4 Å².